The molecule has 98 valence electrons. The number of rotatable bonds is 4. The lowest BCUT2D eigenvalue weighted by atomic mass is 10.1. The van der Waals surface area contributed by atoms with Crippen molar-refractivity contribution in [1.82, 2.24) is 16.0 Å². The van der Waals surface area contributed by atoms with Gasteiger partial charge in [-0.3, -0.25) is 10.1 Å². The van der Waals surface area contributed by atoms with Crippen LogP contribution in [-0.2, 0) is 4.79 Å². The molecule has 2 atom stereocenters. The van der Waals surface area contributed by atoms with E-state index in [2.05, 4.69) is 22.9 Å². The average Bonchev–Trinajstić information content (AvgIpc) is 2.73. The Balaban J connectivity index is 2.31. The zero-order valence-corrected chi connectivity index (χ0v) is 11.4. The molecule has 1 saturated heterocycles. The highest BCUT2D eigenvalue weighted by Gasteiger charge is 2.30. The molecule has 1 aliphatic rings. The van der Waals surface area contributed by atoms with Crippen molar-refractivity contribution in [3.8, 4) is 0 Å². The summed E-state index contributed by atoms with van der Waals surface area (Å²) < 4.78 is 0.224. The third-order valence-electron chi connectivity index (χ3n) is 2.94. The zero-order valence-electron chi connectivity index (χ0n) is 10.6. The summed E-state index contributed by atoms with van der Waals surface area (Å²) in [6.07, 6.45) is 2.41. The van der Waals surface area contributed by atoms with Crippen LogP contribution in [0.25, 0.3) is 0 Å². The van der Waals surface area contributed by atoms with E-state index in [0.717, 1.165) is 6.54 Å². The molecule has 17 heavy (non-hydrogen) atoms. The first-order chi connectivity index (χ1) is 7.97. The van der Waals surface area contributed by atoms with Gasteiger partial charge in [-0.1, -0.05) is 0 Å². The van der Waals surface area contributed by atoms with Gasteiger partial charge in [-0.25, -0.2) is 4.79 Å². The molecular weight excluding hydrogens is 238 g/mol. The van der Waals surface area contributed by atoms with Gasteiger partial charge in [-0.2, -0.15) is 11.8 Å². The summed E-state index contributed by atoms with van der Waals surface area (Å²) in [5.74, 6) is 0.896. The van der Waals surface area contributed by atoms with Crippen LogP contribution in [0.1, 0.15) is 26.7 Å². The van der Waals surface area contributed by atoms with Gasteiger partial charge in [0, 0.05) is 18.3 Å². The number of nitrogens with one attached hydrogen (secondary N) is 3. The lowest BCUT2D eigenvalue weighted by molar-refractivity contribution is -0.121. The average molecular weight is 259 g/mol. The zero-order chi connectivity index (χ0) is 12.9. The Labute approximate surface area is 106 Å². The maximum Gasteiger partial charge on any atom is 0.321 e. The fraction of sp³-hybridized carbons (Fsp3) is 0.818. The van der Waals surface area contributed by atoms with Crippen molar-refractivity contribution in [1.29, 1.82) is 0 Å². The molecule has 0 radical (unpaired) electrons. The van der Waals surface area contributed by atoms with Gasteiger partial charge in [-0.15, -0.1) is 0 Å². The highest BCUT2D eigenvalue weighted by atomic mass is 32.2. The van der Waals surface area contributed by atoms with Gasteiger partial charge < -0.3 is 10.6 Å². The molecule has 1 aliphatic heterocycles. The van der Waals surface area contributed by atoms with E-state index in [1.165, 1.54) is 25.6 Å². The summed E-state index contributed by atoms with van der Waals surface area (Å²) >= 11 is 1.94. The highest BCUT2D eigenvalue weighted by molar-refractivity contribution is 8.00. The molecule has 5 nitrogen and oxygen atoms in total. The van der Waals surface area contributed by atoms with Crippen molar-refractivity contribution < 1.29 is 9.59 Å². The van der Waals surface area contributed by atoms with Gasteiger partial charge >= 0.3 is 6.03 Å². The van der Waals surface area contributed by atoms with Crippen LogP contribution in [0.5, 0.6) is 0 Å². The van der Waals surface area contributed by atoms with Crippen molar-refractivity contribution in [3.63, 3.8) is 0 Å². The number of thioether (sulfide) groups is 1. The molecule has 0 aromatic heterocycles. The van der Waals surface area contributed by atoms with E-state index in [1.807, 2.05) is 11.8 Å². The Morgan fingerprint density at radius 2 is 2.18 bits per heavy atom. The fourth-order valence-corrected chi connectivity index (χ4v) is 2.98. The van der Waals surface area contributed by atoms with Crippen molar-refractivity contribution in [2.45, 2.75) is 37.5 Å². The molecule has 0 spiro atoms. The number of imide groups is 1. The van der Waals surface area contributed by atoms with E-state index in [-0.39, 0.29) is 16.7 Å². The quantitative estimate of drug-likeness (QED) is 0.695. The van der Waals surface area contributed by atoms with Crippen LogP contribution in [0.3, 0.4) is 0 Å². The van der Waals surface area contributed by atoms with Gasteiger partial charge in [0.25, 0.3) is 0 Å². The minimum atomic E-state index is -0.467. The third-order valence-corrected chi connectivity index (χ3v) is 4.48. The second-order valence-corrected chi connectivity index (χ2v) is 6.26. The second kappa shape index (κ2) is 6.26. The van der Waals surface area contributed by atoms with E-state index in [9.17, 15) is 9.59 Å². The van der Waals surface area contributed by atoms with E-state index in [0.29, 0.717) is 0 Å². The number of hydrogen-bond donors (Lipinski definition) is 3. The van der Waals surface area contributed by atoms with Crippen LogP contribution in [0.15, 0.2) is 0 Å². The molecule has 6 heteroatoms. The summed E-state index contributed by atoms with van der Waals surface area (Å²) in [5.41, 5.74) is 0. The first-order valence-electron chi connectivity index (χ1n) is 5.87. The molecule has 1 fully saturated rings. The topological polar surface area (TPSA) is 70.2 Å². The van der Waals surface area contributed by atoms with Gasteiger partial charge in [0.2, 0.25) is 5.91 Å². The van der Waals surface area contributed by atoms with Crippen LogP contribution in [0, 0.1) is 0 Å². The van der Waals surface area contributed by atoms with Crippen molar-refractivity contribution in [2.75, 3.05) is 19.3 Å². The minimum Gasteiger partial charge on any atom is -0.341 e. The fourth-order valence-electron chi connectivity index (χ4n) is 1.72. The molecule has 3 N–H and O–H groups in total. The predicted molar refractivity (Wildman–Crippen MR) is 70.2 cm³/mol. The lowest BCUT2D eigenvalue weighted by Crippen LogP contribution is -2.49. The third kappa shape index (κ3) is 4.55. The van der Waals surface area contributed by atoms with Crippen LogP contribution < -0.4 is 16.0 Å². The Bertz CT molecular complexity index is 290. The summed E-state index contributed by atoms with van der Waals surface area (Å²) in [6.45, 7) is 4.77. The van der Waals surface area contributed by atoms with Crippen LogP contribution in [0.4, 0.5) is 4.79 Å². The number of amides is 3. The summed E-state index contributed by atoms with van der Waals surface area (Å²) in [6, 6.07) is -0.824. The normalized spacial score (nSPS) is 25.4. The van der Waals surface area contributed by atoms with E-state index >= 15 is 0 Å². The van der Waals surface area contributed by atoms with Crippen molar-refractivity contribution in [2.24, 2.45) is 0 Å². The summed E-state index contributed by atoms with van der Waals surface area (Å²) in [5, 5.41) is 7.79. The number of urea groups is 1. The molecular formula is C11H21N3O2S. The largest absolute Gasteiger partial charge is 0.341 e. The van der Waals surface area contributed by atoms with Gasteiger partial charge in [0.05, 0.1) is 6.04 Å². The van der Waals surface area contributed by atoms with Crippen molar-refractivity contribution >= 4 is 23.7 Å². The molecule has 3 amide bonds. The molecule has 1 rings (SSSR count). The maximum atomic E-state index is 11.6. The molecule has 0 aromatic carbocycles. The first-order valence-corrected chi connectivity index (χ1v) is 6.85. The molecule has 0 saturated carbocycles. The SMILES string of the molecule is CNC(=O)NC(=O)C(C)NCC1(C)CCCS1. The Kier molecular flexibility index (Phi) is 5.27. The van der Waals surface area contributed by atoms with Crippen LogP contribution in [0.2, 0.25) is 0 Å². The smallest absolute Gasteiger partial charge is 0.321 e. The van der Waals surface area contributed by atoms with E-state index in [1.54, 1.807) is 6.92 Å². The Morgan fingerprint density at radius 3 is 2.71 bits per heavy atom. The summed E-state index contributed by atoms with van der Waals surface area (Å²) in [4.78, 5) is 22.6. The number of hydrogen-bond acceptors (Lipinski definition) is 4. The first kappa shape index (κ1) is 14.3. The Hall–Kier alpha value is -0.750. The van der Waals surface area contributed by atoms with E-state index < -0.39 is 6.03 Å². The highest BCUT2D eigenvalue weighted by Crippen LogP contribution is 2.36. The molecule has 0 aromatic rings. The predicted octanol–water partition coefficient (Wildman–Crippen LogP) is 0.706. The minimum absolute atomic E-state index is 0.224. The molecule has 2 unspecified atom stereocenters. The van der Waals surface area contributed by atoms with Gasteiger partial charge in [0.1, 0.15) is 0 Å². The Morgan fingerprint density at radius 1 is 1.47 bits per heavy atom. The monoisotopic (exact) mass is 259 g/mol. The molecule has 1 heterocycles. The standard InChI is InChI=1S/C11H21N3O2S/c1-8(9(15)14-10(16)12-3)13-7-11(2)5-4-6-17-11/h8,13H,4-7H2,1-3H3,(H2,12,14,15,16). The van der Waals surface area contributed by atoms with Gasteiger partial charge in [-0.05, 0) is 32.4 Å². The van der Waals surface area contributed by atoms with Crippen LogP contribution >= 0.6 is 11.8 Å². The number of carbonyl (C=O) groups excluding carboxylic acids is 2. The summed E-state index contributed by atoms with van der Waals surface area (Å²) in [7, 11) is 1.48. The van der Waals surface area contributed by atoms with Crippen molar-refractivity contribution in [3.05, 3.63) is 0 Å². The number of carbonyl (C=O) groups is 2. The van der Waals surface area contributed by atoms with Gasteiger partial charge in [0.15, 0.2) is 0 Å². The molecule has 0 bridgehead atoms. The maximum absolute atomic E-state index is 11.6. The molecule has 0 aliphatic carbocycles. The van der Waals surface area contributed by atoms with E-state index in [4.69, 9.17) is 0 Å². The lowest BCUT2D eigenvalue weighted by Gasteiger charge is -2.25. The second-order valence-electron chi connectivity index (χ2n) is 4.57. The van der Waals surface area contributed by atoms with Crippen LogP contribution in [-0.4, -0.2) is 42.1 Å².